The summed E-state index contributed by atoms with van der Waals surface area (Å²) in [5, 5.41) is 0. The molecule has 2 nitrogen and oxygen atoms in total. The molecule has 286 valence electrons. The van der Waals surface area contributed by atoms with Gasteiger partial charge in [-0.2, -0.15) is 0 Å². The first-order chi connectivity index (χ1) is 23.8. The van der Waals surface area contributed by atoms with E-state index < -0.39 is 0 Å². The fourth-order valence-corrected chi connectivity index (χ4v) is 7.02. The van der Waals surface area contributed by atoms with Gasteiger partial charge >= 0.3 is 5.97 Å². The second-order valence-electron chi connectivity index (χ2n) is 15.4. The van der Waals surface area contributed by atoms with Crippen LogP contribution in [0.2, 0.25) is 0 Å². The van der Waals surface area contributed by atoms with Crippen molar-refractivity contribution in [1.82, 2.24) is 0 Å². The van der Waals surface area contributed by atoms with Crippen LogP contribution in [0.15, 0.2) is 12.2 Å². The largest absolute Gasteiger partial charge is 0.466 e. The number of allylic oxidation sites excluding steroid dienone is 2. The summed E-state index contributed by atoms with van der Waals surface area (Å²) in [6.45, 7) is 5.22. The van der Waals surface area contributed by atoms with Crippen molar-refractivity contribution in [3.05, 3.63) is 12.2 Å². The molecule has 0 unspecified atom stereocenters. The van der Waals surface area contributed by atoms with Gasteiger partial charge in [-0.3, -0.25) is 4.79 Å². The zero-order valence-electron chi connectivity index (χ0n) is 33.5. The summed E-state index contributed by atoms with van der Waals surface area (Å²) in [6.07, 6.45) is 58.9. The standard InChI is InChI=1S/C46H90O2/c1-3-5-7-9-11-13-15-17-19-21-23-24-25-26-27-28-30-32-34-36-38-40-42-44-46(47)48-45-43-41-39-37-35-33-31-29-22-20-18-16-14-12-10-8-6-4-2/h30,32H,3-29,31,33-45H2,1-2H3/b32-30-. The van der Waals surface area contributed by atoms with Crippen molar-refractivity contribution in [1.29, 1.82) is 0 Å². The Hall–Kier alpha value is -0.790. The molecule has 0 spiro atoms. The van der Waals surface area contributed by atoms with Crippen LogP contribution < -0.4 is 0 Å². The zero-order chi connectivity index (χ0) is 34.7. The Morgan fingerprint density at radius 3 is 0.896 bits per heavy atom. The molecule has 0 heterocycles. The van der Waals surface area contributed by atoms with Crippen LogP contribution in [0.4, 0.5) is 0 Å². The summed E-state index contributed by atoms with van der Waals surface area (Å²) in [7, 11) is 0. The van der Waals surface area contributed by atoms with Gasteiger partial charge in [0, 0.05) is 6.42 Å². The van der Waals surface area contributed by atoms with Crippen molar-refractivity contribution in [3.63, 3.8) is 0 Å². The van der Waals surface area contributed by atoms with E-state index >= 15 is 0 Å². The van der Waals surface area contributed by atoms with E-state index in [1.807, 2.05) is 0 Å². The van der Waals surface area contributed by atoms with E-state index in [2.05, 4.69) is 26.0 Å². The number of unbranched alkanes of at least 4 members (excludes halogenated alkanes) is 36. The number of hydrogen-bond acceptors (Lipinski definition) is 2. The van der Waals surface area contributed by atoms with Gasteiger partial charge in [0.05, 0.1) is 6.61 Å². The molecule has 0 aromatic carbocycles. The maximum Gasteiger partial charge on any atom is 0.305 e. The van der Waals surface area contributed by atoms with E-state index in [0.29, 0.717) is 13.0 Å². The third-order valence-electron chi connectivity index (χ3n) is 10.4. The Bertz CT molecular complexity index is 611. The summed E-state index contributed by atoms with van der Waals surface area (Å²) in [6, 6.07) is 0. The molecule has 2 heteroatoms. The Morgan fingerprint density at radius 1 is 0.333 bits per heavy atom. The van der Waals surface area contributed by atoms with E-state index in [-0.39, 0.29) is 5.97 Å². The SMILES string of the molecule is CCCCCCCCCCCCCCCCC/C=C\CCCCCCC(=O)OCCCCCCCCCCCCCCCCCCCC. The Balaban J connectivity index is 3.19. The van der Waals surface area contributed by atoms with E-state index in [9.17, 15) is 4.79 Å². The van der Waals surface area contributed by atoms with Gasteiger partial charge in [0.1, 0.15) is 0 Å². The molecular weight excluding hydrogens is 585 g/mol. The topological polar surface area (TPSA) is 26.3 Å². The molecule has 48 heavy (non-hydrogen) atoms. The van der Waals surface area contributed by atoms with Crippen molar-refractivity contribution in [2.24, 2.45) is 0 Å². The molecule has 0 aromatic rings. The van der Waals surface area contributed by atoms with Gasteiger partial charge in [-0.05, 0) is 38.5 Å². The predicted molar refractivity (Wildman–Crippen MR) is 216 cm³/mol. The number of hydrogen-bond donors (Lipinski definition) is 0. The summed E-state index contributed by atoms with van der Waals surface area (Å²) >= 11 is 0. The molecule has 0 saturated heterocycles. The second kappa shape index (κ2) is 44.2. The van der Waals surface area contributed by atoms with E-state index in [4.69, 9.17) is 4.74 Å². The Kier molecular flexibility index (Phi) is 43.5. The van der Waals surface area contributed by atoms with Gasteiger partial charge in [0.25, 0.3) is 0 Å². The molecule has 0 bridgehead atoms. The molecule has 0 radical (unpaired) electrons. The van der Waals surface area contributed by atoms with E-state index in [0.717, 1.165) is 19.3 Å². The Morgan fingerprint density at radius 2 is 0.583 bits per heavy atom. The van der Waals surface area contributed by atoms with Crippen molar-refractivity contribution in [2.45, 2.75) is 271 Å². The van der Waals surface area contributed by atoms with Gasteiger partial charge < -0.3 is 4.74 Å². The maximum absolute atomic E-state index is 12.0. The molecular formula is C46H90O2. The van der Waals surface area contributed by atoms with Crippen molar-refractivity contribution in [2.75, 3.05) is 6.61 Å². The molecule has 0 aliphatic carbocycles. The predicted octanol–water partition coefficient (Wildman–Crippen LogP) is 16.7. The van der Waals surface area contributed by atoms with Crippen molar-refractivity contribution in [3.8, 4) is 0 Å². The van der Waals surface area contributed by atoms with Crippen LogP contribution in [0.25, 0.3) is 0 Å². The van der Waals surface area contributed by atoms with Gasteiger partial charge in [-0.1, -0.05) is 238 Å². The second-order valence-corrected chi connectivity index (χ2v) is 15.4. The molecule has 0 aliphatic heterocycles. The molecule has 0 saturated carbocycles. The van der Waals surface area contributed by atoms with Crippen molar-refractivity contribution >= 4 is 5.97 Å². The Labute approximate surface area is 304 Å². The monoisotopic (exact) mass is 675 g/mol. The average molecular weight is 675 g/mol. The molecule has 0 aliphatic rings. The molecule has 0 fully saturated rings. The van der Waals surface area contributed by atoms with Crippen LogP contribution in [-0.4, -0.2) is 12.6 Å². The molecule has 0 N–H and O–H groups in total. The molecule has 0 aromatic heterocycles. The average Bonchev–Trinajstić information content (AvgIpc) is 3.09. The molecule has 0 atom stereocenters. The number of carbonyl (C=O) groups excluding carboxylic acids is 1. The zero-order valence-corrected chi connectivity index (χ0v) is 33.5. The van der Waals surface area contributed by atoms with Gasteiger partial charge in [-0.15, -0.1) is 0 Å². The summed E-state index contributed by atoms with van der Waals surface area (Å²) < 4.78 is 5.47. The maximum atomic E-state index is 12.0. The van der Waals surface area contributed by atoms with Crippen LogP contribution in [0.5, 0.6) is 0 Å². The minimum atomic E-state index is 0.0189. The lowest BCUT2D eigenvalue weighted by Gasteiger charge is -2.05. The van der Waals surface area contributed by atoms with Crippen LogP contribution in [0.1, 0.15) is 271 Å². The first-order valence-corrected chi connectivity index (χ1v) is 22.6. The third kappa shape index (κ3) is 43.2. The highest BCUT2D eigenvalue weighted by Crippen LogP contribution is 2.16. The van der Waals surface area contributed by atoms with Crippen LogP contribution in [0.3, 0.4) is 0 Å². The van der Waals surface area contributed by atoms with E-state index in [1.54, 1.807) is 0 Å². The highest BCUT2D eigenvalue weighted by molar-refractivity contribution is 5.69. The minimum Gasteiger partial charge on any atom is -0.466 e. The lowest BCUT2D eigenvalue weighted by Crippen LogP contribution is -2.05. The smallest absolute Gasteiger partial charge is 0.305 e. The minimum absolute atomic E-state index is 0.0189. The van der Waals surface area contributed by atoms with Crippen LogP contribution in [-0.2, 0) is 9.53 Å². The van der Waals surface area contributed by atoms with Crippen LogP contribution in [0, 0.1) is 0 Å². The number of carbonyl (C=O) groups is 1. The highest BCUT2D eigenvalue weighted by Gasteiger charge is 2.02. The fraction of sp³-hybridized carbons (Fsp3) is 0.935. The number of esters is 1. The summed E-state index contributed by atoms with van der Waals surface area (Å²) in [5.41, 5.74) is 0. The van der Waals surface area contributed by atoms with Gasteiger partial charge in [0.2, 0.25) is 0 Å². The molecule has 0 rings (SSSR count). The highest BCUT2D eigenvalue weighted by atomic mass is 16.5. The van der Waals surface area contributed by atoms with Crippen molar-refractivity contribution < 1.29 is 9.53 Å². The molecule has 0 amide bonds. The summed E-state index contributed by atoms with van der Waals surface area (Å²) in [4.78, 5) is 12.0. The van der Waals surface area contributed by atoms with E-state index in [1.165, 1.54) is 231 Å². The fourth-order valence-electron chi connectivity index (χ4n) is 7.02. The first-order valence-electron chi connectivity index (χ1n) is 22.6. The first kappa shape index (κ1) is 47.2. The quantitative estimate of drug-likeness (QED) is 0.0366. The lowest BCUT2D eigenvalue weighted by molar-refractivity contribution is -0.143. The van der Waals surface area contributed by atoms with Gasteiger partial charge in [-0.25, -0.2) is 0 Å². The lowest BCUT2D eigenvalue weighted by atomic mass is 10.0. The van der Waals surface area contributed by atoms with Crippen LogP contribution >= 0.6 is 0 Å². The summed E-state index contributed by atoms with van der Waals surface area (Å²) in [5.74, 6) is 0.0189. The number of ether oxygens (including phenoxy) is 1. The third-order valence-corrected chi connectivity index (χ3v) is 10.4. The normalized spacial score (nSPS) is 11.6. The number of rotatable bonds is 42. The van der Waals surface area contributed by atoms with Gasteiger partial charge in [0.15, 0.2) is 0 Å².